The minimum absolute atomic E-state index is 0. The van der Waals surface area contributed by atoms with Crippen molar-refractivity contribution in [2.24, 2.45) is 10.9 Å². The minimum Gasteiger partial charge on any atom is -0.357 e. The molecule has 0 amide bonds. The number of rotatable bonds is 6. The van der Waals surface area contributed by atoms with Crippen LogP contribution in [0.15, 0.2) is 4.99 Å². The number of aromatic nitrogens is 1. The van der Waals surface area contributed by atoms with E-state index in [0.29, 0.717) is 5.92 Å². The topological polar surface area (TPSA) is 49.3 Å². The third kappa shape index (κ3) is 7.42. The summed E-state index contributed by atoms with van der Waals surface area (Å²) in [5.41, 5.74) is 1.15. The molecule has 1 aromatic rings. The molecule has 1 heterocycles. The summed E-state index contributed by atoms with van der Waals surface area (Å²) in [6.07, 6.45) is 0.950. The summed E-state index contributed by atoms with van der Waals surface area (Å²) >= 11 is 1.79. The highest BCUT2D eigenvalue weighted by molar-refractivity contribution is 14.0. The van der Waals surface area contributed by atoms with Gasteiger partial charge in [-0.15, -0.1) is 35.3 Å². The summed E-state index contributed by atoms with van der Waals surface area (Å²) in [5, 5.41) is 7.82. The van der Waals surface area contributed by atoms with Gasteiger partial charge in [-0.25, -0.2) is 4.98 Å². The van der Waals surface area contributed by atoms with Crippen LogP contribution in [0.4, 0.5) is 0 Å². The van der Waals surface area contributed by atoms with E-state index >= 15 is 0 Å². The Morgan fingerprint density at radius 3 is 2.50 bits per heavy atom. The maximum absolute atomic E-state index is 4.55. The average Bonchev–Trinajstić information content (AvgIpc) is 2.65. The van der Waals surface area contributed by atoms with Gasteiger partial charge in [-0.2, -0.15) is 0 Å². The molecule has 1 aromatic heterocycles. The van der Waals surface area contributed by atoms with Crippen molar-refractivity contribution >= 4 is 41.3 Å². The molecule has 0 aliphatic rings. The Balaban J connectivity index is 0.00000361. The first-order valence-electron chi connectivity index (χ1n) is 6.98. The Bertz CT molecular complexity index is 396. The molecular weight excluding hydrogens is 383 g/mol. The number of thiazole rings is 1. The molecular formula is C14H27IN4S. The Hall–Kier alpha value is -0.370. The second-order valence-corrected chi connectivity index (χ2v) is 6.33. The van der Waals surface area contributed by atoms with E-state index in [1.807, 2.05) is 0 Å². The van der Waals surface area contributed by atoms with Crippen LogP contribution in [0.1, 0.15) is 36.3 Å². The normalized spacial score (nSPS) is 11.4. The molecule has 0 spiro atoms. The highest BCUT2D eigenvalue weighted by atomic mass is 127. The van der Waals surface area contributed by atoms with Crippen LogP contribution in [0.5, 0.6) is 0 Å². The zero-order valence-corrected chi connectivity index (χ0v) is 16.3. The van der Waals surface area contributed by atoms with Crippen molar-refractivity contribution in [3.63, 3.8) is 0 Å². The predicted molar refractivity (Wildman–Crippen MR) is 99.5 cm³/mol. The van der Waals surface area contributed by atoms with Crippen LogP contribution >= 0.6 is 35.3 Å². The smallest absolute Gasteiger partial charge is 0.191 e. The maximum atomic E-state index is 4.55. The van der Waals surface area contributed by atoms with Crippen LogP contribution < -0.4 is 10.6 Å². The van der Waals surface area contributed by atoms with E-state index in [9.17, 15) is 0 Å². The Kier molecular flexibility index (Phi) is 10.2. The standard InChI is InChI=1S/C14H26N4S.HI/c1-6-15-14(17-9-10(2)3)16-8-7-13-18-11(4)12(5)19-13;/h10H,6-9H2,1-5H3,(H2,15,16,17);1H. The van der Waals surface area contributed by atoms with Gasteiger partial charge in [0.05, 0.1) is 10.7 Å². The van der Waals surface area contributed by atoms with Crippen LogP contribution in [0.25, 0.3) is 0 Å². The number of nitrogens with zero attached hydrogens (tertiary/aromatic N) is 2. The summed E-state index contributed by atoms with van der Waals surface area (Å²) in [4.78, 5) is 10.4. The number of nitrogens with one attached hydrogen (secondary N) is 2. The number of hydrogen-bond acceptors (Lipinski definition) is 3. The predicted octanol–water partition coefficient (Wildman–Crippen LogP) is 3.13. The van der Waals surface area contributed by atoms with Crippen LogP contribution in [-0.4, -0.2) is 30.6 Å². The zero-order valence-electron chi connectivity index (χ0n) is 13.1. The van der Waals surface area contributed by atoms with Crippen molar-refractivity contribution in [3.8, 4) is 0 Å². The van der Waals surface area contributed by atoms with Gasteiger partial charge in [0, 0.05) is 30.9 Å². The van der Waals surface area contributed by atoms with E-state index in [2.05, 4.69) is 55.2 Å². The first-order chi connectivity index (χ1) is 9.02. The lowest BCUT2D eigenvalue weighted by Gasteiger charge is -2.11. The molecule has 0 aliphatic carbocycles. The number of guanidine groups is 1. The van der Waals surface area contributed by atoms with E-state index in [4.69, 9.17) is 0 Å². The van der Waals surface area contributed by atoms with Crippen LogP contribution in [-0.2, 0) is 6.42 Å². The molecule has 0 atom stereocenters. The number of halogens is 1. The van der Waals surface area contributed by atoms with Crippen molar-refractivity contribution in [3.05, 3.63) is 15.6 Å². The molecule has 0 radical (unpaired) electrons. The summed E-state index contributed by atoms with van der Waals surface area (Å²) in [7, 11) is 0. The molecule has 0 fully saturated rings. The van der Waals surface area contributed by atoms with Gasteiger partial charge in [-0.3, -0.25) is 4.99 Å². The fourth-order valence-electron chi connectivity index (χ4n) is 1.55. The molecule has 116 valence electrons. The van der Waals surface area contributed by atoms with Crippen molar-refractivity contribution in [2.75, 3.05) is 19.6 Å². The molecule has 20 heavy (non-hydrogen) atoms. The molecule has 6 heteroatoms. The van der Waals surface area contributed by atoms with Gasteiger partial charge >= 0.3 is 0 Å². The molecule has 0 aliphatic heterocycles. The van der Waals surface area contributed by atoms with Crippen molar-refractivity contribution < 1.29 is 0 Å². The van der Waals surface area contributed by atoms with Gasteiger partial charge in [-0.1, -0.05) is 13.8 Å². The lowest BCUT2D eigenvalue weighted by Crippen LogP contribution is -2.38. The molecule has 2 N–H and O–H groups in total. The minimum atomic E-state index is 0. The SMILES string of the molecule is CCNC(=NCC(C)C)NCCc1nc(C)c(C)s1.I. The quantitative estimate of drug-likeness (QED) is 0.431. The Labute approximate surface area is 143 Å². The highest BCUT2D eigenvalue weighted by Gasteiger charge is 2.04. The summed E-state index contributed by atoms with van der Waals surface area (Å²) in [6, 6.07) is 0. The van der Waals surface area contributed by atoms with Crippen molar-refractivity contribution in [1.82, 2.24) is 15.6 Å². The third-order valence-corrected chi connectivity index (χ3v) is 3.80. The molecule has 0 bridgehead atoms. The summed E-state index contributed by atoms with van der Waals surface area (Å²) in [6.45, 7) is 13.2. The van der Waals surface area contributed by atoms with Gasteiger partial charge in [0.15, 0.2) is 5.96 Å². The van der Waals surface area contributed by atoms with E-state index in [0.717, 1.165) is 37.7 Å². The van der Waals surface area contributed by atoms with Crippen molar-refractivity contribution in [2.45, 2.75) is 41.0 Å². The van der Waals surface area contributed by atoms with Crippen LogP contribution in [0, 0.1) is 19.8 Å². The molecule has 4 nitrogen and oxygen atoms in total. The molecule has 0 saturated carbocycles. The lowest BCUT2D eigenvalue weighted by molar-refractivity contribution is 0.656. The third-order valence-electron chi connectivity index (χ3n) is 2.66. The fraction of sp³-hybridized carbons (Fsp3) is 0.714. The second-order valence-electron chi connectivity index (χ2n) is 5.04. The Morgan fingerprint density at radius 1 is 1.30 bits per heavy atom. The monoisotopic (exact) mass is 410 g/mol. The number of aliphatic imine (C=N–C) groups is 1. The van der Waals surface area contributed by atoms with Gasteiger partial charge < -0.3 is 10.6 Å². The lowest BCUT2D eigenvalue weighted by atomic mass is 10.2. The molecule has 0 aromatic carbocycles. The summed E-state index contributed by atoms with van der Waals surface area (Å²) in [5.74, 6) is 1.49. The Morgan fingerprint density at radius 2 is 2.00 bits per heavy atom. The first-order valence-corrected chi connectivity index (χ1v) is 7.79. The number of hydrogen-bond donors (Lipinski definition) is 2. The largest absolute Gasteiger partial charge is 0.357 e. The van der Waals surface area contributed by atoms with Gasteiger partial charge in [0.2, 0.25) is 0 Å². The maximum Gasteiger partial charge on any atom is 0.191 e. The average molecular weight is 410 g/mol. The number of aryl methyl sites for hydroxylation is 2. The van der Waals surface area contributed by atoms with Crippen LogP contribution in [0.3, 0.4) is 0 Å². The zero-order chi connectivity index (χ0) is 14.3. The van der Waals surface area contributed by atoms with E-state index in [-0.39, 0.29) is 24.0 Å². The van der Waals surface area contributed by atoms with Crippen LogP contribution in [0.2, 0.25) is 0 Å². The highest BCUT2D eigenvalue weighted by Crippen LogP contribution is 2.16. The van der Waals surface area contributed by atoms with E-state index < -0.39 is 0 Å². The molecule has 0 saturated heterocycles. The summed E-state index contributed by atoms with van der Waals surface area (Å²) < 4.78 is 0. The van der Waals surface area contributed by atoms with E-state index in [1.54, 1.807) is 11.3 Å². The van der Waals surface area contributed by atoms with Gasteiger partial charge in [0.1, 0.15) is 0 Å². The second kappa shape index (κ2) is 10.4. The van der Waals surface area contributed by atoms with E-state index in [1.165, 1.54) is 9.88 Å². The molecule has 1 rings (SSSR count). The first kappa shape index (κ1) is 19.6. The fourth-order valence-corrected chi connectivity index (χ4v) is 2.48. The van der Waals surface area contributed by atoms with Crippen molar-refractivity contribution in [1.29, 1.82) is 0 Å². The molecule has 0 unspecified atom stereocenters. The van der Waals surface area contributed by atoms with Gasteiger partial charge in [-0.05, 0) is 26.7 Å². The van der Waals surface area contributed by atoms with Gasteiger partial charge in [0.25, 0.3) is 0 Å².